The Morgan fingerprint density at radius 2 is 2.04 bits per heavy atom. The van der Waals surface area contributed by atoms with Gasteiger partial charge in [0.2, 0.25) is 0 Å². The van der Waals surface area contributed by atoms with E-state index in [0.717, 1.165) is 0 Å². The van der Waals surface area contributed by atoms with E-state index in [4.69, 9.17) is 4.74 Å². The van der Waals surface area contributed by atoms with Gasteiger partial charge in [0.15, 0.2) is 0 Å². The molecule has 0 saturated carbocycles. The third-order valence-corrected chi connectivity index (χ3v) is 3.05. The number of halogens is 3. The van der Waals surface area contributed by atoms with Crippen molar-refractivity contribution in [1.82, 2.24) is 9.97 Å². The molecule has 0 fully saturated rings. The maximum Gasteiger partial charge on any atom is 0.471 e. The van der Waals surface area contributed by atoms with E-state index in [1.165, 1.54) is 19.4 Å². The first kappa shape index (κ1) is 19.1. The number of aromatic nitrogens is 2. The largest absolute Gasteiger partial charge is 0.495 e. The number of ether oxygens (including phenoxy) is 1. The molecule has 0 saturated heterocycles. The summed E-state index contributed by atoms with van der Waals surface area (Å²) in [4.78, 5) is 19.3. The summed E-state index contributed by atoms with van der Waals surface area (Å²) >= 11 is 0. The average molecular weight is 364 g/mol. The standard InChI is InChI=1S/C17H15F3N4O2/c1-3-21-15-8-11(6-7-22-15)4-5-13-14(9-12(26-2)10-23-13)24-16(25)17(18,19)20/h6-10H,3H2,1-2H3,(H,21,22)(H,24,25). The van der Waals surface area contributed by atoms with Crippen LogP contribution in [0.5, 0.6) is 5.75 Å². The summed E-state index contributed by atoms with van der Waals surface area (Å²) in [7, 11) is 1.33. The molecule has 0 aliphatic rings. The molecule has 0 aromatic carbocycles. The molecule has 2 aromatic rings. The fourth-order valence-corrected chi connectivity index (χ4v) is 1.86. The van der Waals surface area contributed by atoms with Crippen LogP contribution in [0.3, 0.4) is 0 Å². The topological polar surface area (TPSA) is 76.1 Å². The van der Waals surface area contributed by atoms with Crippen molar-refractivity contribution < 1.29 is 22.7 Å². The smallest absolute Gasteiger partial charge is 0.471 e. The van der Waals surface area contributed by atoms with Crippen LogP contribution in [0, 0.1) is 11.8 Å². The number of alkyl halides is 3. The third-order valence-electron chi connectivity index (χ3n) is 3.05. The molecule has 0 atom stereocenters. The van der Waals surface area contributed by atoms with Gasteiger partial charge in [-0.1, -0.05) is 5.92 Å². The highest BCUT2D eigenvalue weighted by Crippen LogP contribution is 2.23. The highest BCUT2D eigenvalue weighted by molar-refractivity contribution is 5.96. The number of nitrogens with zero attached hydrogens (tertiary/aromatic N) is 2. The SMILES string of the molecule is CCNc1cc(C#Cc2ncc(OC)cc2NC(=O)C(F)(F)F)ccn1. The first-order chi connectivity index (χ1) is 12.3. The second-order valence-electron chi connectivity index (χ2n) is 4.93. The molecule has 0 aliphatic heterocycles. The maximum atomic E-state index is 12.5. The van der Waals surface area contributed by atoms with Gasteiger partial charge in [-0.3, -0.25) is 4.79 Å². The van der Waals surface area contributed by atoms with Crippen LogP contribution in [-0.2, 0) is 4.79 Å². The van der Waals surface area contributed by atoms with Crippen LogP contribution in [0.25, 0.3) is 0 Å². The van der Waals surface area contributed by atoms with E-state index >= 15 is 0 Å². The number of rotatable bonds is 4. The van der Waals surface area contributed by atoms with Gasteiger partial charge in [0.05, 0.1) is 19.0 Å². The molecule has 0 radical (unpaired) electrons. The van der Waals surface area contributed by atoms with Crippen molar-refractivity contribution >= 4 is 17.4 Å². The van der Waals surface area contributed by atoms with Crippen molar-refractivity contribution in [2.75, 3.05) is 24.3 Å². The van der Waals surface area contributed by atoms with Gasteiger partial charge in [-0.2, -0.15) is 13.2 Å². The minimum absolute atomic E-state index is 0.0230. The normalized spacial score (nSPS) is 10.5. The van der Waals surface area contributed by atoms with E-state index in [-0.39, 0.29) is 17.1 Å². The second-order valence-corrected chi connectivity index (χ2v) is 4.93. The number of hydrogen-bond acceptors (Lipinski definition) is 5. The van der Waals surface area contributed by atoms with Gasteiger partial charge in [0.25, 0.3) is 0 Å². The summed E-state index contributed by atoms with van der Waals surface area (Å²) in [5.74, 6) is 4.12. The van der Waals surface area contributed by atoms with Gasteiger partial charge in [-0.05, 0) is 25.0 Å². The summed E-state index contributed by atoms with van der Waals surface area (Å²) in [6.45, 7) is 2.59. The number of nitrogens with one attached hydrogen (secondary N) is 2. The summed E-state index contributed by atoms with van der Waals surface area (Å²) in [5.41, 5.74) is 0.368. The number of methoxy groups -OCH3 is 1. The van der Waals surface area contributed by atoms with Crippen molar-refractivity contribution in [3.05, 3.63) is 41.9 Å². The van der Waals surface area contributed by atoms with E-state index < -0.39 is 12.1 Å². The first-order valence-corrected chi connectivity index (χ1v) is 7.47. The molecule has 0 spiro atoms. The first-order valence-electron chi connectivity index (χ1n) is 7.47. The van der Waals surface area contributed by atoms with Crippen LogP contribution in [0.1, 0.15) is 18.2 Å². The highest BCUT2D eigenvalue weighted by atomic mass is 19.4. The predicted molar refractivity (Wildman–Crippen MR) is 89.9 cm³/mol. The summed E-state index contributed by atoms with van der Waals surface area (Å²) in [6.07, 6.45) is -2.18. The van der Waals surface area contributed by atoms with Crippen LogP contribution in [0.15, 0.2) is 30.6 Å². The molecular weight excluding hydrogens is 349 g/mol. The highest BCUT2D eigenvalue weighted by Gasteiger charge is 2.39. The van der Waals surface area contributed by atoms with Crippen molar-refractivity contribution in [3.63, 3.8) is 0 Å². The van der Waals surface area contributed by atoms with Crippen LogP contribution in [0.4, 0.5) is 24.7 Å². The number of pyridine rings is 2. The van der Waals surface area contributed by atoms with Crippen molar-refractivity contribution in [2.45, 2.75) is 13.1 Å². The Kier molecular flexibility index (Phi) is 6.01. The predicted octanol–water partition coefficient (Wildman–Crippen LogP) is 2.82. The number of carbonyl (C=O) groups excluding carboxylic acids is 1. The fraction of sp³-hybridized carbons (Fsp3) is 0.235. The Hall–Kier alpha value is -3.28. The molecule has 136 valence electrons. The lowest BCUT2D eigenvalue weighted by atomic mass is 10.2. The van der Waals surface area contributed by atoms with Crippen LogP contribution >= 0.6 is 0 Å². The van der Waals surface area contributed by atoms with Crippen LogP contribution in [0.2, 0.25) is 0 Å². The molecule has 2 aromatic heterocycles. The van der Waals surface area contributed by atoms with E-state index in [0.29, 0.717) is 17.9 Å². The zero-order chi connectivity index (χ0) is 19.2. The average Bonchev–Trinajstić information content (AvgIpc) is 2.60. The summed E-state index contributed by atoms with van der Waals surface area (Å²) in [6, 6.07) is 4.55. The van der Waals surface area contributed by atoms with Gasteiger partial charge in [0, 0.05) is 24.4 Å². The molecular formula is C17H15F3N4O2. The Morgan fingerprint density at radius 3 is 2.69 bits per heavy atom. The number of carbonyl (C=O) groups is 1. The number of hydrogen-bond donors (Lipinski definition) is 2. The molecule has 2 N–H and O–H groups in total. The van der Waals surface area contributed by atoms with Crippen LogP contribution in [-0.4, -0.2) is 35.7 Å². The van der Waals surface area contributed by atoms with Crippen molar-refractivity contribution in [3.8, 4) is 17.6 Å². The molecule has 2 heterocycles. The Bertz CT molecular complexity index is 857. The van der Waals surface area contributed by atoms with Crippen LogP contribution < -0.4 is 15.4 Å². The van der Waals surface area contributed by atoms with Gasteiger partial charge in [-0.15, -0.1) is 0 Å². The molecule has 26 heavy (non-hydrogen) atoms. The molecule has 1 amide bonds. The number of amides is 1. The third kappa shape index (κ3) is 5.11. The summed E-state index contributed by atoms with van der Waals surface area (Å²) < 4.78 is 42.4. The summed E-state index contributed by atoms with van der Waals surface area (Å²) in [5, 5.41) is 4.78. The van der Waals surface area contributed by atoms with Crippen molar-refractivity contribution in [1.29, 1.82) is 0 Å². The number of anilines is 2. The Morgan fingerprint density at radius 1 is 1.27 bits per heavy atom. The van der Waals surface area contributed by atoms with Gasteiger partial charge >= 0.3 is 12.1 Å². The molecule has 9 heteroatoms. The zero-order valence-electron chi connectivity index (χ0n) is 13.9. The molecule has 0 bridgehead atoms. The molecule has 2 rings (SSSR count). The second kappa shape index (κ2) is 8.20. The molecule has 0 aliphatic carbocycles. The minimum Gasteiger partial charge on any atom is -0.495 e. The lowest BCUT2D eigenvalue weighted by Crippen LogP contribution is -2.30. The lowest BCUT2D eigenvalue weighted by Gasteiger charge is -2.10. The molecule has 6 nitrogen and oxygen atoms in total. The Balaban J connectivity index is 2.35. The van der Waals surface area contributed by atoms with Crippen molar-refractivity contribution in [2.24, 2.45) is 0 Å². The quantitative estimate of drug-likeness (QED) is 0.816. The Labute approximate surface area is 147 Å². The van der Waals surface area contributed by atoms with E-state index in [1.54, 1.807) is 23.6 Å². The lowest BCUT2D eigenvalue weighted by molar-refractivity contribution is -0.167. The maximum absolute atomic E-state index is 12.5. The van der Waals surface area contributed by atoms with E-state index in [2.05, 4.69) is 27.1 Å². The van der Waals surface area contributed by atoms with Gasteiger partial charge in [0.1, 0.15) is 17.3 Å². The van der Waals surface area contributed by atoms with E-state index in [9.17, 15) is 18.0 Å². The zero-order valence-corrected chi connectivity index (χ0v) is 13.9. The van der Waals surface area contributed by atoms with Gasteiger partial charge in [-0.25, -0.2) is 9.97 Å². The van der Waals surface area contributed by atoms with E-state index in [1.807, 2.05) is 6.92 Å². The molecule has 0 unspecified atom stereocenters. The van der Waals surface area contributed by atoms with Gasteiger partial charge < -0.3 is 15.4 Å². The fourth-order valence-electron chi connectivity index (χ4n) is 1.86. The monoisotopic (exact) mass is 364 g/mol. The minimum atomic E-state index is -5.03.